The lowest BCUT2D eigenvalue weighted by Crippen LogP contribution is -2.43. The molecular formula is C17H25N3O. The topological polar surface area (TPSA) is 59.3 Å². The molecule has 0 saturated carbocycles. The first-order chi connectivity index (χ1) is 10.2. The lowest BCUT2D eigenvalue weighted by molar-refractivity contribution is 0.151. The fraction of sp³-hybridized carbons (Fsp3) is 0.588. The summed E-state index contributed by atoms with van der Waals surface area (Å²) in [6, 6.07) is 9.72. The lowest BCUT2D eigenvalue weighted by atomic mass is 10.1. The van der Waals surface area contributed by atoms with Gasteiger partial charge in [-0.15, -0.1) is 0 Å². The van der Waals surface area contributed by atoms with Gasteiger partial charge in [0, 0.05) is 19.1 Å². The predicted octanol–water partition coefficient (Wildman–Crippen LogP) is 2.06. The normalized spacial score (nSPS) is 18.9. The minimum atomic E-state index is -0.522. The zero-order chi connectivity index (χ0) is 15.1. The van der Waals surface area contributed by atoms with Crippen LogP contribution in [-0.4, -0.2) is 42.2 Å². The van der Waals surface area contributed by atoms with Gasteiger partial charge in [-0.2, -0.15) is 5.26 Å². The first-order valence-corrected chi connectivity index (χ1v) is 7.83. The van der Waals surface area contributed by atoms with Crippen LogP contribution in [0.15, 0.2) is 24.3 Å². The number of piperidine rings is 1. The average Bonchev–Trinajstić information content (AvgIpc) is 2.55. The Morgan fingerprint density at radius 1 is 1.19 bits per heavy atom. The van der Waals surface area contributed by atoms with Crippen molar-refractivity contribution in [2.75, 3.05) is 26.2 Å². The molecule has 0 radical (unpaired) electrons. The van der Waals surface area contributed by atoms with Crippen molar-refractivity contribution in [2.45, 2.75) is 38.3 Å². The zero-order valence-electron chi connectivity index (χ0n) is 12.8. The van der Waals surface area contributed by atoms with E-state index in [9.17, 15) is 5.11 Å². The number of rotatable bonds is 6. The van der Waals surface area contributed by atoms with Gasteiger partial charge in [-0.05, 0) is 50.6 Å². The van der Waals surface area contributed by atoms with Crippen LogP contribution in [0.25, 0.3) is 0 Å². The molecule has 2 atom stereocenters. The smallest absolute Gasteiger partial charge is 0.0991 e. The van der Waals surface area contributed by atoms with E-state index in [1.54, 1.807) is 12.1 Å². The van der Waals surface area contributed by atoms with Crippen LogP contribution in [0.1, 0.15) is 43.4 Å². The number of aliphatic hydroxyl groups is 1. The van der Waals surface area contributed by atoms with Gasteiger partial charge in [-0.1, -0.05) is 18.6 Å². The van der Waals surface area contributed by atoms with Gasteiger partial charge >= 0.3 is 0 Å². The summed E-state index contributed by atoms with van der Waals surface area (Å²) in [6.45, 7) is 6.08. The quantitative estimate of drug-likeness (QED) is 0.841. The first kappa shape index (κ1) is 16.0. The maximum Gasteiger partial charge on any atom is 0.0991 e. The van der Waals surface area contributed by atoms with E-state index < -0.39 is 6.10 Å². The van der Waals surface area contributed by atoms with Gasteiger partial charge in [0.25, 0.3) is 0 Å². The summed E-state index contributed by atoms with van der Waals surface area (Å²) in [5.41, 5.74) is 1.48. The highest BCUT2D eigenvalue weighted by Gasteiger charge is 2.16. The molecule has 2 unspecified atom stereocenters. The minimum Gasteiger partial charge on any atom is -0.387 e. The van der Waals surface area contributed by atoms with E-state index in [1.165, 1.54) is 32.4 Å². The molecule has 2 rings (SSSR count). The Labute approximate surface area is 127 Å². The highest BCUT2D eigenvalue weighted by Crippen LogP contribution is 2.14. The molecule has 2 N–H and O–H groups in total. The number of nitriles is 1. The van der Waals surface area contributed by atoms with Gasteiger partial charge in [0.15, 0.2) is 0 Å². The Bertz CT molecular complexity index is 460. The van der Waals surface area contributed by atoms with Crippen molar-refractivity contribution in [3.8, 4) is 6.07 Å². The van der Waals surface area contributed by atoms with Gasteiger partial charge in [-0.3, -0.25) is 4.90 Å². The van der Waals surface area contributed by atoms with Crippen molar-refractivity contribution in [3.63, 3.8) is 0 Å². The van der Waals surface area contributed by atoms with E-state index >= 15 is 0 Å². The summed E-state index contributed by atoms with van der Waals surface area (Å²) < 4.78 is 0. The molecule has 0 bridgehead atoms. The van der Waals surface area contributed by atoms with Gasteiger partial charge in [-0.25, -0.2) is 0 Å². The third-order valence-electron chi connectivity index (χ3n) is 4.22. The molecule has 4 nitrogen and oxygen atoms in total. The van der Waals surface area contributed by atoms with Crippen LogP contribution in [-0.2, 0) is 0 Å². The van der Waals surface area contributed by atoms with E-state index in [1.807, 2.05) is 12.1 Å². The maximum atomic E-state index is 10.1. The van der Waals surface area contributed by atoms with Crippen molar-refractivity contribution in [3.05, 3.63) is 35.4 Å². The number of aliphatic hydroxyl groups excluding tert-OH is 1. The third kappa shape index (κ3) is 4.82. The molecule has 1 aromatic rings. The van der Waals surface area contributed by atoms with Crippen molar-refractivity contribution in [1.29, 1.82) is 5.26 Å². The molecule has 1 fully saturated rings. The third-order valence-corrected chi connectivity index (χ3v) is 4.22. The molecule has 0 spiro atoms. The van der Waals surface area contributed by atoms with E-state index in [0.717, 1.165) is 12.1 Å². The molecule has 1 saturated heterocycles. The number of benzene rings is 1. The number of hydrogen-bond donors (Lipinski definition) is 2. The van der Waals surface area contributed by atoms with Crippen molar-refractivity contribution in [2.24, 2.45) is 0 Å². The Balaban J connectivity index is 1.73. The Kier molecular flexibility index (Phi) is 6.19. The number of nitrogens with one attached hydrogen (secondary N) is 1. The van der Waals surface area contributed by atoms with Crippen LogP contribution in [0, 0.1) is 11.3 Å². The standard InChI is InChI=1S/C17H25N3O/c1-14(20-9-3-2-4-10-20)12-19-13-17(21)16-7-5-15(11-18)6-8-16/h5-8,14,17,19,21H,2-4,9-10,12-13H2,1H3. The summed E-state index contributed by atoms with van der Waals surface area (Å²) >= 11 is 0. The second-order valence-corrected chi connectivity index (χ2v) is 5.85. The molecule has 1 aromatic carbocycles. The van der Waals surface area contributed by atoms with Gasteiger partial charge in [0.2, 0.25) is 0 Å². The van der Waals surface area contributed by atoms with Crippen molar-refractivity contribution in [1.82, 2.24) is 10.2 Å². The van der Waals surface area contributed by atoms with Gasteiger partial charge in [0.05, 0.1) is 17.7 Å². The summed E-state index contributed by atoms with van der Waals surface area (Å²) in [6.07, 6.45) is 3.44. The summed E-state index contributed by atoms with van der Waals surface area (Å²) in [5, 5.41) is 22.3. The van der Waals surface area contributed by atoms with Crippen LogP contribution >= 0.6 is 0 Å². The van der Waals surface area contributed by atoms with Crippen LogP contribution < -0.4 is 5.32 Å². The lowest BCUT2D eigenvalue weighted by Gasteiger charge is -2.32. The average molecular weight is 287 g/mol. The van der Waals surface area contributed by atoms with E-state index in [-0.39, 0.29) is 0 Å². The monoisotopic (exact) mass is 287 g/mol. The Morgan fingerprint density at radius 2 is 1.86 bits per heavy atom. The number of likely N-dealkylation sites (tertiary alicyclic amines) is 1. The molecule has 1 heterocycles. The van der Waals surface area contributed by atoms with Crippen LogP contribution in [0.5, 0.6) is 0 Å². The minimum absolute atomic E-state index is 0.512. The first-order valence-electron chi connectivity index (χ1n) is 7.83. The molecule has 1 aliphatic rings. The Morgan fingerprint density at radius 3 is 2.48 bits per heavy atom. The highest BCUT2D eigenvalue weighted by atomic mass is 16.3. The Hall–Kier alpha value is -1.41. The fourth-order valence-corrected chi connectivity index (χ4v) is 2.81. The fourth-order valence-electron chi connectivity index (χ4n) is 2.81. The van der Waals surface area contributed by atoms with Crippen molar-refractivity contribution >= 4 is 0 Å². The summed E-state index contributed by atoms with van der Waals surface area (Å²) in [7, 11) is 0. The molecular weight excluding hydrogens is 262 g/mol. The van der Waals surface area contributed by atoms with Crippen LogP contribution in [0.3, 0.4) is 0 Å². The second-order valence-electron chi connectivity index (χ2n) is 5.85. The summed E-state index contributed by atoms with van der Waals surface area (Å²) in [5.74, 6) is 0. The molecule has 0 aliphatic carbocycles. The molecule has 4 heteroatoms. The van der Waals surface area contributed by atoms with Crippen LogP contribution in [0.4, 0.5) is 0 Å². The van der Waals surface area contributed by atoms with E-state index in [2.05, 4.69) is 23.2 Å². The van der Waals surface area contributed by atoms with Crippen molar-refractivity contribution < 1.29 is 5.11 Å². The van der Waals surface area contributed by atoms with E-state index in [0.29, 0.717) is 18.2 Å². The molecule has 0 aromatic heterocycles. The number of hydrogen-bond acceptors (Lipinski definition) is 4. The summed E-state index contributed by atoms with van der Waals surface area (Å²) in [4.78, 5) is 2.52. The molecule has 114 valence electrons. The SMILES string of the molecule is CC(CNCC(O)c1ccc(C#N)cc1)N1CCCCC1. The van der Waals surface area contributed by atoms with E-state index in [4.69, 9.17) is 5.26 Å². The zero-order valence-corrected chi connectivity index (χ0v) is 12.8. The van der Waals surface area contributed by atoms with Crippen LogP contribution in [0.2, 0.25) is 0 Å². The molecule has 1 aliphatic heterocycles. The number of nitrogens with zero attached hydrogens (tertiary/aromatic N) is 2. The second kappa shape index (κ2) is 8.14. The largest absolute Gasteiger partial charge is 0.387 e. The van der Waals surface area contributed by atoms with Gasteiger partial charge < -0.3 is 10.4 Å². The highest BCUT2D eigenvalue weighted by molar-refractivity contribution is 5.32. The molecule has 0 amide bonds. The predicted molar refractivity (Wildman–Crippen MR) is 83.9 cm³/mol. The molecule has 21 heavy (non-hydrogen) atoms. The maximum absolute atomic E-state index is 10.1. The van der Waals surface area contributed by atoms with Gasteiger partial charge in [0.1, 0.15) is 0 Å².